The van der Waals surface area contributed by atoms with Crippen LogP contribution in [0.15, 0.2) is 0 Å². The van der Waals surface area contributed by atoms with Gasteiger partial charge in [-0.15, -0.1) is 0 Å². The summed E-state index contributed by atoms with van der Waals surface area (Å²) in [4.78, 5) is 24.7. The molecular formula is C13H23NO4. The van der Waals surface area contributed by atoms with E-state index in [1.54, 1.807) is 0 Å². The molecule has 0 aromatic rings. The lowest BCUT2D eigenvalue weighted by atomic mass is 10.1. The minimum absolute atomic E-state index is 0.163. The second-order valence-corrected chi connectivity index (χ2v) is 4.70. The normalized spacial score (nSPS) is 17.3. The number of hydrogen-bond donors (Lipinski definition) is 0. The molecule has 0 atom stereocenters. The van der Waals surface area contributed by atoms with E-state index in [9.17, 15) is 9.59 Å². The molecule has 1 saturated carbocycles. The van der Waals surface area contributed by atoms with E-state index in [4.69, 9.17) is 0 Å². The molecule has 0 aromatic carbocycles. The number of methoxy groups -OCH3 is 2. The van der Waals surface area contributed by atoms with E-state index in [0.29, 0.717) is 0 Å². The summed E-state index contributed by atoms with van der Waals surface area (Å²) in [6.07, 6.45) is 6.86. The molecule has 0 N–H and O–H groups in total. The number of hydrogen-bond acceptors (Lipinski definition) is 5. The topological polar surface area (TPSA) is 55.8 Å². The monoisotopic (exact) mass is 257 g/mol. The molecule has 5 nitrogen and oxygen atoms in total. The third kappa shape index (κ3) is 5.04. The van der Waals surface area contributed by atoms with Crippen LogP contribution in [0.25, 0.3) is 0 Å². The first-order valence-corrected chi connectivity index (χ1v) is 6.55. The van der Waals surface area contributed by atoms with Crippen LogP contribution in [-0.4, -0.2) is 50.2 Å². The van der Waals surface area contributed by atoms with E-state index in [-0.39, 0.29) is 31.1 Å². The van der Waals surface area contributed by atoms with Crippen molar-refractivity contribution in [3.63, 3.8) is 0 Å². The zero-order valence-electron chi connectivity index (χ0n) is 11.3. The Morgan fingerprint density at radius 2 is 1.39 bits per heavy atom. The van der Waals surface area contributed by atoms with Gasteiger partial charge in [-0.1, -0.05) is 25.7 Å². The van der Waals surface area contributed by atoms with Gasteiger partial charge in [0.25, 0.3) is 0 Å². The second-order valence-electron chi connectivity index (χ2n) is 4.70. The average molecular weight is 257 g/mol. The number of ether oxygens (including phenoxy) is 2. The van der Waals surface area contributed by atoms with E-state index in [1.165, 1.54) is 27.1 Å². The zero-order chi connectivity index (χ0) is 13.4. The van der Waals surface area contributed by atoms with Crippen LogP contribution in [-0.2, 0) is 19.1 Å². The van der Waals surface area contributed by atoms with Crippen molar-refractivity contribution in [1.29, 1.82) is 0 Å². The summed E-state index contributed by atoms with van der Waals surface area (Å²) in [5.74, 6) is -0.605. The lowest BCUT2D eigenvalue weighted by Gasteiger charge is -2.28. The van der Waals surface area contributed by atoms with Crippen molar-refractivity contribution >= 4 is 11.9 Å². The molecular weight excluding hydrogens is 234 g/mol. The molecule has 0 aromatic heterocycles. The van der Waals surface area contributed by atoms with E-state index in [0.717, 1.165) is 25.7 Å². The highest BCUT2D eigenvalue weighted by Crippen LogP contribution is 2.21. The van der Waals surface area contributed by atoms with Crippen LogP contribution in [0.1, 0.15) is 38.5 Å². The van der Waals surface area contributed by atoms with E-state index >= 15 is 0 Å². The Hall–Kier alpha value is -1.10. The predicted octanol–water partition coefficient (Wildman–Crippen LogP) is 1.36. The first-order valence-electron chi connectivity index (χ1n) is 6.55. The molecule has 5 heteroatoms. The molecule has 0 aliphatic heterocycles. The summed E-state index contributed by atoms with van der Waals surface area (Å²) in [6, 6.07) is 0.283. The van der Waals surface area contributed by atoms with Gasteiger partial charge >= 0.3 is 11.9 Å². The zero-order valence-corrected chi connectivity index (χ0v) is 11.3. The molecule has 0 saturated heterocycles. The Kier molecular flexibility index (Phi) is 6.72. The third-order valence-corrected chi connectivity index (χ3v) is 3.46. The van der Waals surface area contributed by atoms with Crippen molar-refractivity contribution < 1.29 is 19.1 Å². The maximum atomic E-state index is 11.4. The van der Waals surface area contributed by atoms with Crippen molar-refractivity contribution in [2.45, 2.75) is 44.6 Å². The van der Waals surface area contributed by atoms with Crippen molar-refractivity contribution in [1.82, 2.24) is 4.90 Å². The van der Waals surface area contributed by atoms with E-state index in [1.807, 2.05) is 4.90 Å². The Bertz CT molecular complexity index is 254. The summed E-state index contributed by atoms with van der Waals surface area (Å²) >= 11 is 0. The molecule has 0 amide bonds. The fourth-order valence-corrected chi connectivity index (χ4v) is 2.40. The van der Waals surface area contributed by atoms with E-state index in [2.05, 4.69) is 9.47 Å². The Morgan fingerprint density at radius 3 is 1.78 bits per heavy atom. The van der Waals surface area contributed by atoms with Crippen molar-refractivity contribution in [3.8, 4) is 0 Å². The van der Waals surface area contributed by atoms with Gasteiger partial charge in [0.05, 0.1) is 27.3 Å². The van der Waals surface area contributed by atoms with Crippen LogP contribution in [0.4, 0.5) is 0 Å². The Morgan fingerprint density at radius 1 is 0.944 bits per heavy atom. The van der Waals surface area contributed by atoms with Gasteiger partial charge in [0.1, 0.15) is 0 Å². The first-order chi connectivity index (χ1) is 8.67. The van der Waals surface area contributed by atoms with Crippen LogP contribution in [0.5, 0.6) is 0 Å². The lowest BCUT2D eigenvalue weighted by Crippen LogP contribution is -2.42. The summed E-state index contributed by atoms with van der Waals surface area (Å²) in [7, 11) is 2.73. The minimum atomic E-state index is -0.303. The fraction of sp³-hybridized carbons (Fsp3) is 0.846. The standard InChI is InChI=1S/C13H23NO4/c1-17-12(15)9-14(10-13(16)18-2)11-7-5-3-4-6-8-11/h11H,3-10H2,1-2H3. The van der Waals surface area contributed by atoms with Crippen molar-refractivity contribution in [2.24, 2.45) is 0 Å². The van der Waals surface area contributed by atoms with Gasteiger partial charge in [0, 0.05) is 6.04 Å². The van der Waals surface area contributed by atoms with Crippen molar-refractivity contribution in [3.05, 3.63) is 0 Å². The predicted molar refractivity (Wildman–Crippen MR) is 67.1 cm³/mol. The molecule has 104 valence electrons. The molecule has 0 unspecified atom stereocenters. The van der Waals surface area contributed by atoms with E-state index < -0.39 is 0 Å². The molecule has 0 radical (unpaired) electrons. The summed E-state index contributed by atoms with van der Waals surface area (Å²) in [5.41, 5.74) is 0. The lowest BCUT2D eigenvalue weighted by molar-refractivity contribution is -0.146. The highest BCUT2D eigenvalue weighted by molar-refractivity contribution is 5.74. The number of nitrogens with zero attached hydrogens (tertiary/aromatic N) is 1. The van der Waals surface area contributed by atoms with Gasteiger partial charge in [-0.05, 0) is 12.8 Å². The molecule has 0 heterocycles. The van der Waals surface area contributed by atoms with Gasteiger partial charge in [-0.25, -0.2) is 0 Å². The van der Waals surface area contributed by atoms with Gasteiger partial charge < -0.3 is 9.47 Å². The smallest absolute Gasteiger partial charge is 0.319 e. The summed E-state index contributed by atoms with van der Waals surface area (Å²) < 4.78 is 9.37. The van der Waals surface area contributed by atoms with Crippen LogP contribution in [0.2, 0.25) is 0 Å². The van der Waals surface area contributed by atoms with Crippen LogP contribution < -0.4 is 0 Å². The second kappa shape index (κ2) is 8.08. The van der Waals surface area contributed by atoms with Gasteiger partial charge in [0.15, 0.2) is 0 Å². The maximum absolute atomic E-state index is 11.4. The number of rotatable bonds is 5. The largest absolute Gasteiger partial charge is 0.468 e. The number of carbonyl (C=O) groups excluding carboxylic acids is 2. The molecule has 18 heavy (non-hydrogen) atoms. The molecule has 1 aliphatic rings. The maximum Gasteiger partial charge on any atom is 0.319 e. The molecule has 0 bridgehead atoms. The highest BCUT2D eigenvalue weighted by Gasteiger charge is 2.24. The van der Waals surface area contributed by atoms with Gasteiger partial charge in [0.2, 0.25) is 0 Å². The number of carbonyl (C=O) groups is 2. The average Bonchev–Trinajstić information content (AvgIpc) is 2.66. The van der Waals surface area contributed by atoms with Crippen LogP contribution >= 0.6 is 0 Å². The highest BCUT2D eigenvalue weighted by atomic mass is 16.5. The molecule has 0 spiro atoms. The molecule has 1 aliphatic carbocycles. The van der Waals surface area contributed by atoms with Crippen LogP contribution in [0, 0.1) is 0 Å². The van der Waals surface area contributed by atoms with Crippen molar-refractivity contribution in [2.75, 3.05) is 27.3 Å². The fourth-order valence-electron chi connectivity index (χ4n) is 2.40. The molecule has 1 rings (SSSR count). The third-order valence-electron chi connectivity index (χ3n) is 3.46. The Balaban J connectivity index is 2.61. The van der Waals surface area contributed by atoms with Crippen LogP contribution in [0.3, 0.4) is 0 Å². The quantitative estimate of drug-likeness (QED) is 0.550. The SMILES string of the molecule is COC(=O)CN(CC(=O)OC)C1CCCCCC1. The summed E-state index contributed by atoms with van der Waals surface area (Å²) in [5, 5.41) is 0. The van der Waals surface area contributed by atoms with Gasteiger partial charge in [-0.2, -0.15) is 0 Å². The number of esters is 2. The van der Waals surface area contributed by atoms with Gasteiger partial charge in [-0.3, -0.25) is 14.5 Å². The first kappa shape index (κ1) is 15.0. The minimum Gasteiger partial charge on any atom is -0.468 e. The molecule has 1 fully saturated rings. The Labute approximate surface area is 108 Å². The summed E-state index contributed by atoms with van der Waals surface area (Å²) in [6.45, 7) is 0.326.